The molecule has 326 valence electrons. The molecule has 15 nitrogen and oxygen atoms in total. The molecule has 3 aromatic rings. The van der Waals surface area contributed by atoms with Crippen molar-refractivity contribution in [2.24, 2.45) is 5.41 Å². The number of ether oxygens (including phenoxy) is 1. The Bertz CT molecular complexity index is 1940. The fraction of sp³-hybridized carbons (Fsp3) is 0.568. The summed E-state index contributed by atoms with van der Waals surface area (Å²) in [4.78, 5) is 80.3. The van der Waals surface area contributed by atoms with E-state index in [-0.39, 0.29) is 49.1 Å². The Morgan fingerprint density at radius 3 is 2.27 bits per heavy atom. The molecule has 0 radical (unpaired) electrons. The van der Waals surface area contributed by atoms with E-state index in [4.69, 9.17) is 4.74 Å². The third kappa shape index (κ3) is 12.5. The average molecular weight is 847 g/mol. The van der Waals surface area contributed by atoms with Gasteiger partial charge in [0.25, 0.3) is 5.91 Å². The fourth-order valence-corrected chi connectivity index (χ4v) is 8.04. The number of carbonyl (C=O) groups is 5. The SMILES string of the molecule is Cc1ncsc1-c1ccc(CCNC(=O)[C@@H]2C[C@@H](O)CN2C(=O)C(C)(C)[C@H](C)NC(=O)CCCCCNC(=O)c2ccc(N3CCN(C(=O)OC(C)(C)C)CC3)nc2)cc1. The number of nitrogens with one attached hydrogen (secondary N) is 3. The van der Waals surface area contributed by atoms with E-state index in [1.165, 1.54) is 4.90 Å². The molecule has 2 fully saturated rings. The molecule has 2 aliphatic rings. The normalized spacial score (nSPS) is 17.6. The van der Waals surface area contributed by atoms with Gasteiger partial charge >= 0.3 is 6.09 Å². The first kappa shape index (κ1) is 46.0. The highest BCUT2D eigenvalue weighted by Crippen LogP contribution is 2.30. The lowest BCUT2D eigenvalue weighted by Crippen LogP contribution is -2.55. The number of nitrogens with zero attached hydrogens (tertiary/aromatic N) is 5. The van der Waals surface area contributed by atoms with Crippen molar-refractivity contribution in [2.75, 3.05) is 50.7 Å². The zero-order valence-electron chi connectivity index (χ0n) is 36.1. The van der Waals surface area contributed by atoms with E-state index in [0.717, 1.165) is 33.9 Å². The van der Waals surface area contributed by atoms with E-state index in [2.05, 4.69) is 43.0 Å². The number of anilines is 1. The van der Waals surface area contributed by atoms with Gasteiger partial charge in [0.05, 0.1) is 33.2 Å². The van der Waals surface area contributed by atoms with Crippen LogP contribution < -0.4 is 20.9 Å². The molecule has 5 amide bonds. The Hall–Kier alpha value is -5.09. The van der Waals surface area contributed by atoms with Crippen molar-refractivity contribution < 1.29 is 33.8 Å². The number of aliphatic hydroxyl groups excluding tert-OH is 1. The first-order chi connectivity index (χ1) is 28.4. The maximum atomic E-state index is 13.9. The van der Waals surface area contributed by atoms with E-state index in [0.29, 0.717) is 64.1 Å². The van der Waals surface area contributed by atoms with Gasteiger partial charge in [-0.1, -0.05) is 30.7 Å². The highest BCUT2D eigenvalue weighted by molar-refractivity contribution is 7.13. The Kier molecular flexibility index (Phi) is 15.7. The number of rotatable bonds is 16. The number of piperazine rings is 1. The largest absolute Gasteiger partial charge is 0.444 e. The number of likely N-dealkylation sites (tertiary alicyclic amines) is 1. The van der Waals surface area contributed by atoms with Gasteiger partial charge in [0, 0.05) is 70.9 Å². The molecule has 2 saturated heterocycles. The van der Waals surface area contributed by atoms with E-state index in [1.54, 1.807) is 49.3 Å². The van der Waals surface area contributed by atoms with E-state index >= 15 is 0 Å². The molecule has 4 N–H and O–H groups in total. The monoisotopic (exact) mass is 846 g/mol. The van der Waals surface area contributed by atoms with E-state index in [1.807, 2.05) is 51.4 Å². The Morgan fingerprint density at radius 1 is 0.917 bits per heavy atom. The summed E-state index contributed by atoms with van der Waals surface area (Å²) in [6.45, 7) is 16.0. The molecule has 4 heterocycles. The van der Waals surface area contributed by atoms with Crippen LogP contribution in [0.1, 0.15) is 95.3 Å². The Balaban J connectivity index is 0.973. The van der Waals surface area contributed by atoms with Gasteiger partial charge in [-0.2, -0.15) is 0 Å². The van der Waals surface area contributed by atoms with Crippen LogP contribution in [0.15, 0.2) is 48.1 Å². The van der Waals surface area contributed by atoms with Crippen LogP contribution in [0.4, 0.5) is 10.6 Å². The van der Waals surface area contributed by atoms with Crippen LogP contribution in [0.25, 0.3) is 10.4 Å². The van der Waals surface area contributed by atoms with E-state index < -0.39 is 29.2 Å². The molecular weight excluding hydrogens is 785 g/mol. The quantitative estimate of drug-likeness (QED) is 0.147. The average Bonchev–Trinajstić information content (AvgIpc) is 3.83. The minimum Gasteiger partial charge on any atom is -0.444 e. The van der Waals surface area contributed by atoms with Crippen LogP contribution in [0.3, 0.4) is 0 Å². The second kappa shape index (κ2) is 20.4. The molecule has 0 aliphatic carbocycles. The number of hydrogen-bond acceptors (Lipinski definition) is 11. The number of benzene rings is 1. The second-order valence-electron chi connectivity index (χ2n) is 17.3. The maximum absolute atomic E-state index is 13.9. The molecule has 0 spiro atoms. The van der Waals surface area contributed by atoms with Gasteiger partial charge in [-0.05, 0) is 91.0 Å². The molecular formula is C44H62N8O7S. The summed E-state index contributed by atoms with van der Waals surface area (Å²) in [5.74, 6) is -0.282. The predicted molar refractivity (Wildman–Crippen MR) is 232 cm³/mol. The molecule has 0 bridgehead atoms. The van der Waals surface area contributed by atoms with Gasteiger partial charge in [0.15, 0.2) is 0 Å². The lowest BCUT2D eigenvalue weighted by molar-refractivity contribution is -0.147. The minimum atomic E-state index is -1.04. The molecule has 0 unspecified atom stereocenters. The lowest BCUT2D eigenvalue weighted by atomic mass is 9.83. The summed E-state index contributed by atoms with van der Waals surface area (Å²) < 4.78 is 5.47. The molecule has 0 saturated carbocycles. The maximum Gasteiger partial charge on any atom is 0.410 e. The summed E-state index contributed by atoms with van der Waals surface area (Å²) in [5.41, 5.74) is 3.87. The Labute approximate surface area is 357 Å². The number of aryl methyl sites for hydroxylation is 1. The smallest absolute Gasteiger partial charge is 0.410 e. The van der Waals surface area contributed by atoms with Crippen molar-refractivity contribution in [2.45, 2.75) is 111 Å². The van der Waals surface area contributed by atoms with Crippen molar-refractivity contribution >= 4 is 46.9 Å². The van der Waals surface area contributed by atoms with Crippen LogP contribution in [0, 0.1) is 12.3 Å². The van der Waals surface area contributed by atoms with Crippen molar-refractivity contribution in [1.82, 2.24) is 35.7 Å². The van der Waals surface area contributed by atoms with Crippen LogP contribution in [-0.4, -0.2) is 124 Å². The van der Waals surface area contributed by atoms with Gasteiger partial charge in [0.1, 0.15) is 17.5 Å². The fourth-order valence-electron chi connectivity index (χ4n) is 7.23. The highest BCUT2D eigenvalue weighted by Gasteiger charge is 2.46. The molecule has 2 aromatic heterocycles. The zero-order chi connectivity index (χ0) is 43.6. The van der Waals surface area contributed by atoms with Gasteiger partial charge in [-0.3, -0.25) is 19.2 Å². The summed E-state index contributed by atoms with van der Waals surface area (Å²) in [5, 5.41) is 19.3. The minimum absolute atomic E-state index is 0.0497. The van der Waals surface area contributed by atoms with E-state index in [9.17, 15) is 29.1 Å². The third-order valence-corrected chi connectivity index (χ3v) is 12.1. The molecule has 16 heteroatoms. The van der Waals surface area contributed by atoms with Gasteiger partial charge in [-0.15, -0.1) is 11.3 Å². The topological polar surface area (TPSA) is 186 Å². The van der Waals surface area contributed by atoms with Crippen LogP contribution in [0.2, 0.25) is 0 Å². The van der Waals surface area contributed by atoms with Gasteiger partial charge in [0.2, 0.25) is 17.7 Å². The molecule has 2 aliphatic heterocycles. The standard InChI is InChI=1S/C44H62N8O7S/c1-29-38(60-28-48-29)32-14-12-31(13-15-32)18-20-46-40(56)35-25-34(53)27-52(35)41(57)44(6,7)30(2)49-37(54)11-9-8-10-19-45-39(55)33-16-17-36(47-26-33)50-21-23-51(24-22-50)42(58)59-43(3,4)5/h12-17,26,28,30,34-35,53H,8-11,18-25,27H2,1-7H3,(H,45,55)(H,46,56)(H,49,54)/t30-,34+,35-/m0/s1. The summed E-state index contributed by atoms with van der Waals surface area (Å²) in [7, 11) is 0. The van der Waals surface area contributed by atoms with Gasteiger partial charge in [-0.25, -0.2) is 14.8 Å². The number of thiazole rings is 1. The van der Waals surface area contributed by atoms with Crippen LogP contribution in [0.5, 0.6) is 0 Å². The van der Waals surface area contributed by atoms with Gasteiger partial charge < -0.3 is 40.5 Å². The zero-order valence-corrected chi connectivity index (χ0v) is 36.9. The summed E-state index contributed by atoms with van der Waals surface area (Å²) >= 11 is 1.60. The Morgan fingerprint density at radius 2 is 1.63 bits per heavy atom. The van der Waals surface area contributed by atoms with Crippen LogP contribution >= 0.6 is 11.3 Å². The first-order valence-electron chi connectivity index (χ1n) is 21.0. The number of pyridine rings is 1. The number of aliphatic hydroxyl groups is 1. The van der Waals surface area contributed by atoms with Crippen molar-refractivity contribution in [3.8, 4) is 10.4 Å². The van der Waals surface area contributed by atoms with Crippen molar-refractivity contribution in [1.29, 1.82) is 0 Å². The predicted octanol–water partition coefficient (Wildman–Crippen LogP) is 4.71. The summed E-state index contributed by atoms with van der Waals surface area (Å²) in [6, 6.07) is 10.4. The number of amides is 5. The number of β-amino-alcohol motifs (C(OH)–C–C–N with tert-alkyl or cyclic N) is 1. The lowest BCUT2D eigenvalue weighted by Gasteiger charge is -2.36. The number of unbranched alkanes of at least 4 members (excludes halogenated alkanes) is 2. The third-order valence-electron chi connectivity index (χ3n) is 11.2. The van der Waals surface area contributed by atoms with Crippen LogP contribution in [-0.2, 0) is 25.5 Å². The molecule has 5 rings (SSSR count). The summed E-state index contributed by atoms with van der Waals surface area (Å²) in [6.07, 6.45) is 3.46. The number of hydrogen-bond donors (Lipinski definition) is 4. The molecule has 3 atom stereocenters. The number of carbonyl (C=O) groups excluding carboxylic acids is 5. The molecule has 60 heavy (non-hydrogen) atoms. The second-order valence-corrected chi connectivity index (χ2v) is 18.2. The highest BCUT2D eigenvalue weighted by atomic mass is 32.1. The van der Waals surface area contributed by atoms with Crippen molar-refractivity contribution in [3.63, 3.8) is 0 Å². The molecule has 1 aromatic carbocycles. The first-order valence-corrected chi connectivity index (χ1v) is 21.8. The van der Waals surface area contributed by atoms with Crippen molar-refractivity contribution in [3.05, 3.63) is 64.9 Å². The number of aromatic nitrogens is 2.